The molecule has 1 aliphatic rings. The summed E-state index contributed by atoms with van der Waals surface area (Å²) >= 11 is 0. The molecule has 1 amide bonds. The predicted molar refractivity (Wildman–Crippen MR) is 114 cm³/mol. The molecule has 4 rings (SSSR count). The first-order valence-electron chi connectivity index (χ1n) is 9.33. The number of nitrogens with zero attached hydrogens (tertiary/aromatic N) is 2. The number of benzene rings is 3. The first-order valence-corrected chi connectivity index (χ1v) is 9.33. The molecule has 1 aliphatic heterocycles. The van der Waals surface area contributed by atoms with Crippen LogP contribution in [-0.4, -0.2) is 25.0 Å². The van der Waals surface area contributed by atoms with Crippen LogP contribution in [0.4, 0.5) is 5.69 Å². The monoisotopic (exact) mass is 369 g/mol. The molecule has 0 aliphatic carbocycles. The summed E-state index contributed by atoms with van der Waals surface area (Å²) in [4.78, 5) is 15.2. The maximum absolute atomic E-state index is 13.2. The van der Waals surface area contributed by atoms with Crippen molar-refractivity contribution in [2.45, 2.75) is 6.04 Å². The van der Waals surface area contributed by atoms with E-state index in [2.05, 4.69) is 40.7 Å². The number of carbonyl (C=O) groups excluding carboxylic acids is 1. The zero-order valence-corrected chi connectivity index (χ0v) is 16.0. The molecule has 3 aromatic carbocycles. The molecule has 0 bridgehead atoms. The quantitative estimate of drug-likeness (QED) is 0.736. The molecule has 0 aromatic heterocycles. The summed E-state index contributed by atoms with van der Waals surface area (Å²) in [6, 6.07) is 27.6. The van der Waals surface area contributed by atoms with Gasteiger partial charge in [0.15, 0.2) is 0 Å². The Hall–Kier alpha value is -3.53. The normalized spacial score (nSPS) is 15.7. The van der Waals surface area contributed by atoms with Gasteiger partial charge in [-0.3, -0.25) is 10.2 Å². The Morgan fingerprint density at radius 1 is 0.857 bits per heavy atom. The van der Waals surface area contributed by atoms with Crippen LogP contribution in [0.1, 0.15) is 27.5 Å². The summed E-state index contributed by atoms with van der Waals surface area (Å²) in [5, 5.41) is 1.71. The van der Waals surface area contributed by atoms with Crippen molar-refractivity contribution in [2.75, 3.05) is 19.0 Å². The summed E-state index contributed by atoms with van der Waals surface area (Å²) < 4.78 is 0. The predicted octanol–water partition coefficient (Wildman–Crippen LogP) is 4.50. The van der Waals surface area contributed by atoms with Crippen LogP contribution in [0.3, 0.4) is 0 Å². The van der Waals surface area contributed by atoms with Crippen molar-refractivity contribution in [3.8, 4) is 0 Å². The van der Waals surface area contributed by atoms with Crippen LogP contribution in [0.15, 0.2) is 91.0 Å². The van der Waals surface area contributed by atoms with Gasteiger partial charge in [-0.15, -0.1) is 0 Å². The number of nitrogens with one attached hydrogen (secondary N) is 1. The molecule has 0 fully saturated rings. The third-order valence-electron chi connectivity index (χ3n) is 4.92. The fourth-order valence-corrected chi connectivity index (χ4v) is 3.36. The van der Waals surface area contributed by atoms with Gasteiger partial charge in [0.1, 0.15) is 0 Å². The van der Waals surface area contributed by atoms with Crippen LogP contribution in [0, 0.1) is 0 Å². The number of carbonyl (C=O) groups is 1. The summed E-state index contributed by atoms with van der Waals surface area (Å²) in [7, 11) is 4.04. The average molecular weight is 369 g/mol. The highest BCUT2D eigenvalue weighted by atomic mass is 16.2. The Balaban J connectivity index is 1.68. The van der Waals surface area contributed by atoms with Crippen molar-refractivity contribution in [1.29, 1.82) is 0 Å². The van der Waals surface area contributed by atoms with Gasteiger partial charge in [-0.2, -0.15) is 0 Å². The fraction of sp³-hybridized carbons (Fsp3) is 0.125. The van der Waals surface area contributed by atoms with Crippen LogP contribution in [0.2, 0.25) is 0 Å². The minimum atomic E-state index is -0.169. The molecule has 0 saturated heterocycles. The van der Waals surface area contributed by atoms with Crippen molar-refractivity contribution in [3.63, 3.8) is 0 Å². The van der Waals surface area contributed by atoms with Gasteiger partial charge in [0, 0.05) is 25.3 Å². The van der Waals surface area contributed by atoms with E-state index >= 15 is 0 Å². The third kappa shape index (κ3) is 3.49. The minimum absolute atomic E-state index is 0.0504. The van der Waals surface area contributed by atoms with Crippen LogP contribution in [0.5, 0.6) is 0 Å². The molecule has 140 valence electrons. The van der Waals surface area contributed by atoms with Crippen molar-refractivity contribution in [1.82, 2.24) is 10.4 Å². The molecule has 4 heteroatoms. The van der Waals surface area contributed by atoms with E-state index in [0.717, 1.165) is 22.5 Å². The van der Waals surface area contributed by atoms with E-state index in [4.69, 9.17) is 0 Å². The molecule has 0 saturated carbocycles. The summed E-state index contributed by atoms with van der Waals surface area (Å²) in [6.45, 7) is 0. The highest BCUT2D eigenvalue weighted by Crippen LogP contribution is 2.32. The van der Waals surface area contributed by atoms with Gasteiger partial charge in [-0.25, -0.2) is 5.01 Å². The van der Waals surface area contributed by atoms with Gasteiger partial charge >= 0.3 is 0 Å². The molecule has 28 heavy (non-hydrogen) atoms. The molecule has 4 nitrogen and oxygen atoms in total. The maximum atomic E-state index is 13.2. The lowest BCUT2D eigenvalue weighted by Gasteiger charge is -2.25. The van der Waals surface area contributed by atoms with Crippen molar-refractivity contribution in [2.24, 2.45) is 0 Å². The van der Waals surface area contributed by atoms with Crippen molar-refractivity contribution < 1.29 is 4.79 Å². The van der Waals surface area contributed by atoms with E-state index in [1.807, 2.05) is 74.8 Å². The van der Waals surface area contributed by atoms with E-state index < -0.39 is 0 Å². The molecule has 1 atom stereocenters. The van der Waals surface area contributed by atoms with Crippen molar-refractivity contribution in [3.05, 3.63) is 108 Å². The second-order valence-corrected chi connectivity index (χ2v) is 7.03. The van der Waals surface area contributed by atoms with Gasteiger partial charge in [0.2, 0.25) is 0 Å². The Bertz CT molecular complexity index is 979. The fourth-order valence-electron chi connectivity index (χ4n) is 3.36. The van der Waals surface area contributed by atoms with Gasteiger partial charge in [-0.05, 0) is 41.5 Å². The van der Waals surface area contributed by atoms with Crippen molar-refractivity contribution >= 4 is 17.3 Å². The third-order valence-corrected chi connectivity index (χ3v) is 4.92. The largest absolute Gasteiger partial charge is 0.378 e. The number of rotatable bonds is 4. The second-order valence-electron chi connectivity index (χ2n) is 7.03. The molecule has 1 heterocycles. The lowest BCUT2D eigenvalue weighted by atomic mass is 10.0. The lowest BCUT2D eigenvalue weighted by Crippen LogP contribution is -2.39. The molecule has 0 radical (unpaired) electrons. The zero-order chi connectivity index (χ0) is 19.5. The van der Waals surface area contributed by atoms with Gasteiger partial charge in [-0.1, -0.05) is 60.7 Å². The number of hydrogen-bond donors (Lipinski definition) is 1. The van der Waals surface area contributed by atoms with Gasteiger partial charge in [0.05, 0.1) is 11.7 Å². The lowest BCUT2D eigenvalue weighted by molar-refractivity contribution is 0.0672. The van der Waals surface area contributed by atoms with Crippen LogP contribution in [0.25, 0.3) is 5.70 Å². The average Bonchev–Trinajstić information content (AvgIpc) is 3.20. The Kier molecular flexibility index (Phi) is 4.85. The van der Waals surface area contributed by atoms with Gasteiger partial charge in [0.25, 0.3) is 5.91 Å². The smallest absolute Gasteiger partial charge is 0.273 e. The SMILES string of the molecule is CN(C)c1ccc(C2=CC(c3ccccc3)N(C(=O)c3ccccc3)N2)cc1. The topological polar surface area (TPSA) is 35.6 Å². The van der Waals surface area contributed by atoms with Crippen LogP contribution < -0.4 is 10.3 Å². The summed E-state index contributed by atoms with van der Waals surface area (Å²) in [5.41, 5.74) is 8.19. The Labute approximate surface area is 165 Å². The minimum Gasteiger partial charge on any atom is -0.378 e. The molecule has 3 aromatic rings. The molecular formula is C24H23N3O. The molecule has 1 unspecified atom stereocenters. The standard InChI is InChI=1S/C24H23N3O/c1-26(2)21-15-13-18(14-16-21)22-17-23(19-9-5-3-6-10-19)27(25-22)24(28)20-11-7-4-8-12-20/h3-17,23,25H,1-2H3. The maximum Gasteiger partial charge on any atom is 0.273 e. The number of anilines is 1. The van der Waals surface area contributed by atoms with E-state index in [-0.39, 0.29) is 11.9 Å². The highest BCUT2D eigenvalue weighted by molar-refractivity contribution is 5.95. The first kappa shape index (κ1) is 17.9. The van der Waals surface area contributed by atoms with Gasteiger partial charge < -0.3 is 4.90 Å². The Morgan fingerprint density at radius 2 is 1.46 bits per heavy atom. The van der Waals surface area contributed by atoms with E-state index in [0.29, 0.717) is 5.56 Å². The van der Waals surface area contributed by atoms with Crippen LogP contribution >= 0.6 is 0 Å². The number of amides is 1. The second kappa shape index (κ2) is 7.61. The zero-order valence-electron chi connectivity index (χ0n) is 16.0. The van der Waals surface area contributed by atoms with E-state index in [1.165, 1.54) is 0 Å². The summed E-state index contributed by atoms with van der Waals surface area (Å²) in [6.07, 6.45) is 2.11. The highest BCUT2D eigenvalue weighted by Gasteiger charge is 2.31. The molecular weight excluding hydrogens is 346 g/mol. The van der Waals surface area contributed by atoms with E-state index in [1.54, 1.807) is 5.01 Å². The molecule has 0 spiro atoms. The summed E-state index contributed by atoms with van der Waals surface area (Å²) in [5.74, 6) is -0.0504. The van der Waals surface area contributed by atoms with E-state index in [9.17, 15) is 4.79 Å². The first-order chi connectivity index (χ1) is 13.6. The number of hydrogen-bond acceptors (Lipinski definition) is 3. The molecule has 1 N–H and O–H groups in total. The number of hydrazine groups is 1. The van der Waals surface area contributed by atoms with Crippen LogP contribution in [-0.2, 0) is 0 Å². The Morgan fingerprint density at radius 3 is 2.07 bits per heavy atom.